The van der Waals surface area contributed by atoms with Gasteiger partial charge in [-0.05, 0) is 74.2 Å². The lowest BCUT2D eigenvalue weighted by molar-refractivity contribution is 0.687. The fraction of sp³-hybridized carbons (Fsp3) is 0.316. The highest BCUT2D eigenvalue weighted by molar-refractivity contribution is 5.69. The van der Waals surface area contributed by atoms with Crippen LogP contribution in [0.25, 0.3) is 11.1 Å². The topological polar surface area (TPSA) is 35.8 Å². The molecular formula is C19H22N2. The minimum atomic E-state index is 0.726. The predicted molar refractivity (Wildman–Crippen MR) is 88.2 cm³/mol. The highest BCUT2D eigenvalue weighted by Gasteiger charge is 2.13. The highest BCUT2D eigenvalue weighted by atomic mass is 14.7. The molecule has 0 spiro atoms. The number of hydrogen-bond donors (Lipinski definition) is 1. The van der Waals surface area contributed by atoms with Gasteiger partial charge < -0.3 is 5.32 Å². The zero-order valence-electron chi connectivity index (χ0n) is 12.8. The van der Waals surface area contributed by atoms with Gasteiger partial charge in [0.25, 0.3) is 0 Å². The maximum absolute atomic E-state index is 8.84. The average Bonchev–Trinajstić information content (AvgIpc) is 2.55. The Morgan fingerprint density at radius 1 is 0.952 bits per heavy atom. The van der Waals surface area contributed by atoms with Gasteiger partial charge in [-0.1, -0.05) is 30.3 Å². The molecular weight excluding hydrogens is 256 g/mol. The molecule has 2 aromatic rings. The lowest BCUT2D eigenvalue weighted by Gasteiger charge is -2.19. The molecule has 0 bridgehead atoms. The van der Waals surface area contributed by atoms with Gasteiger partial charge in [0.2, 0.25) is 0 Å². The van der Waals surface area contributed by atoms with E-state index in [0.29, 0.717) is 0 Å². The highest BCUT2D eigenvalue weighted by Crippen LogP contribution is 2.31. The fourth-order valence-electron chi connectivity index (χ4n) is 2.78. The van der Waals surface area contributed by atoms with E-state index >= 15 is 0 Å². The number of fused-ring (bicyclic) bond motifs is 1. The zero-order chi connectivity index (χ0) is 15.1. The number of hydrogen-bond acceptors (Lipinski definition) is 2. The summed E-state index contributed by atoms with van der Waals surface area (Å²) in [5, 5.41) is 11.6. The van der Waals surface area contributed by atoms with E-state index < -0.39 is 0 Å². The molecule has 0 atom stereocenters. The van der Waals surface area contributed by atoms with Crippen LogP contribution in [0.4, 0.5) is 0 Å². The molecule has 0 heterocycles. The van der Waals surface area contributed by atoms with Crippen molar-refractivity contribution < 1.29 is 0 Å². The Balaban J connectivity index is 0.000000497. The van der Waals surface area contributed by atoms with E-state index in [1.807, 2.05) is 26.2 Å². The standard InChI is InChI=1S/C17H15N.C2H7N/c18-12-13-8-10-15(11-9-13)17-7-3-5-14-4-1-2-6-16(14)17;1-3-2/h3,5,7-11H,1-2,4,6H2;3H,1-2H3. The van der Waals surface area contributed by atoms with Gasteiger partial charge >= 0.3 is 0 Å². The lowest BCUT2D eigenvalue weighted by atomic mass is 9.86. The molecule has 0 amide bonds. The van der Waals surface area contributed by atoms with Crippen molar-refractivity contribution in [1.29, 1.82) is 5.26 Å². The summed E-state index contributed by atoms with van der Waals surface area (Å²) in [6, 6.07) is 16.7. The van der Waals surface area contributed by atoms with Crippen LogP contribution in [0.3, 0.4) is 0 Å². The van der Waals surface area contributed by atoms with Crippen molar-refractivity contribution >= 4 is 0 Å². The van der Waals surface area contributed by atoms with Crippen LogP contribution in [0.2, 0.25) is 0 Å². The molecule has 2 nitrogen and oxygen atoms in total. The number of nitrogens with zero attached hydrogens (tertiary/aromatic N) is 1. The van der Waals surface area contributed by atoms with Gasteiger partial charge in [0.05, 0.1) is 11.6 Å². The molecule has 2 heteroatoms. The molecule has 0 fully saturated rings. The van der Waals surface area contributed by atoms with Gasteiger partial charge in [0.1, 0.15) is 0 Å². The van der Waals surface area contributed by atoms with Crippen LogP contribution >= 0.6 is 0 Å². The maximum atomic E-state index is 8.84. The van der Waals surface area contributed by atoms with E-state index in [1.54, 1.807) is 0 Å². The summed E-state index contributed by atoms with van der Waals surface area (Å²) in [5.41, 5.74) is 6.31. The van der Waals surface area contributed by atoms with Crippen molar-refractivity contribution in [2.45, 2.75) is 25.7 Å². The van der Waals surface area contributed by atoms with E-state index in [-0.39, 0.29) is 0 Å². The number of nitrogens with one attached hydrogen (secondary N) is 1. The first-order valence-corrected chi connectivity index (χ1v) is 7.50. The van der Waals surface area contributed by atoms with Crippen molar-refractivity contribution in [3.63, 3.8) is 0 Å². The van der Waals surface area contributed by atoms with Crippen LogP contribution in [-0.2, 0) is 12.8 Å². The first-order valence-electron chi connectivity index (χ1n) is 7.50. The molecule has 0 saturated heterocycles. The van der Waals surface area contributed by atoms with Crippen LogP contribution in [-0.4, -0.2) is 14.1 Å². The largest absolute Gasteiger partial charge is 0.323 e. The second-order valence-electron chi connectivity index (χ2n) is 5.34. The van der Waals surface area contributed by atoms with Crippen LogP contribution in [0.5, 0.6) is 0 Å². The molecule has 0 aromatic heterocycles. The van der Waals surface area contributed by atoms with E-state index in [2.05, 4.69) is 41.7 Å². The first-order chi connectivity index (χ1) is 10.3. The van der Waals surface area contributed by atoms with Crippen LogP contribution in [0, 0.1) is 11.3 Å². The van der Waals surface area contributed by atoms with Gasteiger partial charge in [0.15, 0.2) is 0 Å². The molecule has 21 heavy (non-hydrogen) atoms. The molecule has 1 N–H and O–H groups in total. The Labute approximate surface area is 127 Å². The van der Waals surface area contributed by atoms with Crippen LogP contribution in [0.15, 0.2) is 42.5 Å². The Hall–Kier alpha value is -2.11. The lowest BCUT2D eigenvalue weighted by Crippen LogP contribution is -2.04. The SMILES string of the molecule is CNC.N#Cc1ccc(-c2cccc3c2CCCC3)cc1. The van der Waals surface area contributed by atoms with Gasteiger partial charge in [-0.2, -0.15) is 5.26 Å². The number of rotatable bonds is 1. The van der Waals surface area contributed by atoms with Gasteiger partial charge in [0, 0.05) is 0 Å². The third kappa shape index (κ3) is 3.71. The van der Waals surface area contributed by atoms with Gasteiger partial charge in [-0.15, -0.1) is 0 Å². The van der Waals surface area contributed by atoms with Crippen molar-refractivity contribution in [2.24, 2.45) is 0 Å². The van der Waals surface area contributed by atoms with Gasteiger partial charge in [-0.25, -0.2) is 0 Å². The quantitative estimate of drug-likeness (QED) is 0.857. The van der Waals surface area contributed by atoms with Gasteiger partial charge in [-0.3, -0.25) is 0 Å². The Kier molecular flexibility index (Phi) is 5.54. The molecule has 1 aliphatic carbocycles. The summed E-state index contributed by atoms with van der Waals surface area (Å²) in [7, 11) is 3.75. The zero-order valence-corrected chi connectivity index (χ0v) is 12.8. The summed E-state index contributed by atoms with van der Waals surface area (Å²) in [6.45, 7) is 0. The number of benzene rings is 2. The normalized spacial score (nSPS) is 12.6. The molecule has 0 radical (unpaired) electrons. The fourth-order valence-corrected chi connectivity index (χ4v) is 2.78. The second-order valence-corrected chi connectivity index (χ2v) is 5.34. The summed E-state index contributed by atoms with van der Waals surface area (Å²) < 4.78 is 0. The summed E-state index contributed by atoms with van der Waals surface area (Å²) in [5.74, 6) is 0. The maximum Gasteiger partial charge on any atom is 0.0991 e. The molecule has 3 rings (SSSR count). The molecule has 108 valence electrons. The second kappa shape index (κ2) is 7.61. The third-order valence-corrected chi connectivity index (χ3v) is 3.72. The monoisotopic (exact) mass is 278 g/mol. The van der Waals surface area contributed by atoms with Crippen molar-refractivity contribution in [3.05, 3.63) is 59.2 Å². The minimum Gasteiger partial charge on any atom is -0.323 e. The summed E-state index contributed by atoms with van der Waals surface area (Å²) >= 11 is 0. The smallest absolute Gasteiger partial charge is 0.0991 e. The predicted octanol–water partition coefficient (Wildman–Crippen LogP) is 3.94. The molecule has 0 saturated carbocycles. The van der Waals surface area contributed by atoms with E-state index in [4.69, 9.17) is 5.26 Å². The van der Waals surface area contributed by atoms with Crippen LogP contribution in [0.1, 0.15) is 29.5 Å². The number of nitriles is 1. The molecule has 2 aromatic carbocycles. The summed E-state index contributed by atoms with van der Waals surface area (Å²) in [6.07, 6.45) is 5.00. The third-order valence-electron chi connectivity index (χ3n) is 3.72. The van der Waals surface area contributed by atoms with Crippen LogP contribution < -0.4 is 5.32 Å². The van der Waals surface area contributed by atoms with Crippen molar-refractivity contribution in [2.75, 3.05) is 14.1 Å². The molecule has 0 aliphatic heterocycles. The van der Waals surface area contributed by atoms with E-state index in [1.165, 1.54) is 47.9 Å². The Bertz CT molecular complexity index is 621. The molecule has 1 aliphatic rings. The minimum absolute atomic E-state index is 0.726. The van der Waals surface area contributed by atoms with Crippen molar-refractivity contribution in [3.8, 4) is 17.2 Å². The summed E-state index contributed by atoms with van der Waals surface area (Å²) in [4.78, 5) is 0. The Morgan fingerprint density at radius 3 is 2.29 bits per heavy atom. The van der Waals surface area contributed by atoms with E-state index in [0.717, 1.165) is 5.56 Å². The number of aryl methyl sites for hydroxylation is 1. The van der Waals surface area contributed by atoms with E-state index in [9.17, 15) is 0 Å². The first kappa shape index (κ1) is 15.3. The average molecular weight is 278 g/mol. The molecule has 0 unspecified atom stereocenters. The van der Waals surface area contributed by atoms with Crippen molar-refractivity contribution in [1.82, 2.24) is 5.32 Å². The Morgan fingerprint density at radius 2 is 1.62 bits per heavy atom.